The van der Waals surface area contributed by atoms with Crippen molar-refractivity contribution in [2.24, 2.45) is 7.05 Å². The number of rotatable bonds is 5. The lowest BCUT2D eigenvalue weighted by Crippen LogP contribution is -2.44. The van der Waals surface area contributed by atoms with E-state index < -0.39 is 11.9 Å². The first kappa shape index (κ1) is 16.2. The first-order valence-corrected chi connectivity index (χ1v) is 8.17. The first-order valence-electron chi connectivity index (χ1n) is 8.17. The van der Waals surface area contributed by atoms with Gasteiger partial charge in [0.15, 0.2) is 0 Å². The predicted molar refractivity (Wildman–Crippen MR) is 91.7 cm³/mol. The van der Waals surface area contributed by atoms with E-state index >= 15 is 0 Å². The number of nitrogens with one attached hydrogen (secondary N) is 1. The Kier molecular flexibility index (Phi) is 4.38. The minimum atomic E-state index is -0.634. The highest BCUT2D eigenvalue weighted by Crippen LogP contribution is 2.24. The Morgan fingerprint density at radius 1 is 1.29 bits per heavy atom. The number of carbonyl (C=O) groups is 2. The highest BCUT2D eigenvalue weighted by atomic mass is 16.2. The molecule has 1 N–H and O–H groups in total. The van der Waals surface area contributed by atoms with Crippen molar-refractivity contribution in [1.29, 1.82) is 0 Å². The van der Waals surface area contributed by atoms with Gasteiger partial charge in [-0.25, -0.2) is 4.79 Å². The fraction of sp³-hybridized carbons (Fsp3) is 0.389. The van der Waals surface area contributed by atoms with E-state index in [1.807, 2.05) is 24.3 Å². The summed E-state index contributed by atoms with van der Waals surface area (Å²) in [4.78, 5) is 36.1. The smallest absolute Gasteiger partial charge is 0.295 e. The molecule has 1 aromatic carbocycles. The Labute approximate surface area is 139 Å². The number of benzene rings is 1. The maximum atomic E-state index is 12.6. The summed E-state index contributed by atoms with van der Waals surface area (Å²) in [5.41, 5.74) is 2.45. The Morgan fingerprint density at radius 2 is 2.08 bits per heavy atom. The number of aryl methyl sites for hydroxylation is 2. The number of hydrogen-bond acceptors (Lipinski definition) is 3. The molecule has 6 nitrogen and oxygen atoms in total. The zero-order valence-electron chi connectivity index (χ0n) is 13.7. The number of fused-ring (bicyclic) bond motifs is 1. The molecular formula is C18H21N3O3. The molecule has 2 amide bonds. The maximum Gasteiger partial charge on any atom is 0.329 e. The van der Waals surface area contributed by atoms with Crippen LogP contribution in [0, 0.1) is 0 Å². The summed E-state index contributed by atoms with van der Waals surface area (Å²) in [5.74, 6) is -0.690. The molecule has 3 rings (SSSR count). The molecule has 1 fully saturated rings. The number of allylic oxidation sites excluding steroid dienone is 1. The maximum absolute atomic E-state index is 12.6. The summed E-state index contributed by atoms with van der Waals surface area (Å²) >= 11 is 0. The summed E-state index contributed by atoms with van der Waals surface area (Å²) in [6, 6.07) is 5.25. The van der Waals surface area contributed by atoms with E-state index in [4.69, 9.17) is 0 Å². The number of imidazole rings is 1. The van der Waals surface area contributed by atoms with Crippen LogP contribution >= 0.6 is 0 Å². The molecule has 0 saturated carbocycles. The van der Waals surface area contributed by atoms with Gasteiger partial charge in [0.25, 0.3) is 0 Å². The average Bonchev–Trinajstić information content (AvgIpc) is 2.80. The predicted octanol–water partition coefficient (Wildman–Crippen LogP) is 1.83. The van der Waals surface area contributed by atoms with E-state index in [9.17, 15) is 14.4 Å². The van der Waals surface area contributed by atoms with Gasteiger partial charge in [0.2, 0.25) is 11.8 Å². The van der Waals surface area contributed by atoms with Gasteiger partial charge in [-0.15, -0.1) is 6.58 Å². The van der Waals surface area contributed by atoms with Gasteiger partial charge in [-0.05, 0) is 43.4 Å². The Morgan fingerprint density at radius 3 is 2.79 bits per heavy atom. The lowest BCUT2D eigenvalue weighted by atomic mass is 10.0. The molecule has 2 heterocycles. The second-order valence-electron chi connectivity index (χ2n) is 6.18. The quantitative estimate of drug-likeness (QED) is 0.517. The molecule has 1 aliphatic rings. The SMILES string of the molecule is C=CCCCc1ccc2c(c1)n(C)c(=O)n2C1CCC(=O)NC1=O. The molecule has 1 atom stereocenters. The summed E-state index contributed by atoms with van der Waals surface area (Å²) in [6.07, 6.45) is 5.38. The molecular weight excluding hydrogens is 306 g/mol. The third-order valence-corrected chi connectivity index (χ3v) is 4.55. The lowest BCUT2D eigenvalue weighted by Gasteiger charge is -2.21. The third-order valence-electron chi connectivity index (χ3n) is 4.55. The summed E-state index contributed by atoms with van der Waals surface area (Å²) in [7, 11) is 1.71. The van der Waals surface area contributed by atoms with E-state index in [1.165, 1.54) is 4.57 Å². The number of aromatic nitrogens is 2. The van der Waals surface area contributed by atoms with Crippen LogP contribution in [0.15, 0.2) is 35.6 Å². The minimum Gasteiger partial charge on any atom is -0.295 e. The molecule has 126 valence electrons. The highest BCUT2D eigenvalue weighted by Gasteiger charge is 2.31. The topological polar surface area (TPSA) is 73.1 Å². The van der Waals surface area contributed by atoms with E-state index in [2.05, 4.69) is 11.9 Å². The molecule has 0 radical (unpaired) electrons. The van der Waals surface area contributed by atoms with Crippen molar-refractivity contribution >= 4 is 22.8 Å². The standard InChI is InChI=1S/C18H21N3O3/c1-3-4-5-6-12-7-8-13-15(11-12)20(2)18(24)21(13)14-9-10-16(22)19-17(14)23/h3,7-8,11,14H,1,4-6,9-10H2,2H3,(H,19,22,23). The molecule has 6 heteroatoms. The Hall–Kier alpha value is -2.63. The zero-order chi connectivity index (χ0) is 17.3. The van der Waals surface area contributed by atoms with Gasteiger partial charge in [0.1, 0.15) is 6.04 Å². The minimum absolute atomic E-state index is 0.234. The average molecular weight is 327 g/mol. The highest BCUT2D eigenvalue weighted by molar-refractivity contribution is 6.00. The van der Waals surface area contributed by atoms with Gasteiger partial charge in [-0.1, -0.05) is 12.1 Å². The van der Waals surface area contributed by atoms with E-state index in [0.717, 1.165) is 35.9 Å². The molecule has 1 aromatic heterocycles. The van der Waals surface area contributed by atoms with Gasteiger partial charge >= 0.3 is 5.69 Å². The van der Waals surface area contributed by atoms with E-state index in [1.54, 1.807) is 11.6 Å². The van der Waals surface area contributed by atoms with Crippen LogP contribution in [0.5, 0.6) is 0 Å². The number of amides is 2. The van der Waals surface area contributed by atoms with Crippen molar-refractivity contribution in [1.82, 2.24) is 14.5 Å². The molecule has 2 aromatic rings. The summed E-state index contributed by atoms with van der Waals surface area (Å²) < 4.78 is 3.07. The first-order chi connectivity index (χ1) is 11.5. The van der Waals surface area contributed by atoms with Gasteiger partial charge in [0.05, 0.1) is 11.0 Å². The third kappa shape index (κ3) is 2.79. The summed E-state index contributed by atoms with van der Waals surface area (Å²) in [5, 5.41) is 2.32. The second-order valence-corrected chi connectivity index (χ2v) is 6.18. The van der Waals surface area contributed by atoms with Crippen LogP contribution in [0.2, 0.25) is 0 Å². The van der Waals surface area contributed by atoms with Crippen LogP contribution in [0.4, 0.5) is 0 Å². The number of hydrogen-bond donors (Lipinski definition) is 1. The molecule has 24 heavy (non-hydrogen) atoms. The number of unbranched alkanes of at least 4 members (excludes halogenated alkanes) is 1. The monoisotopic (exact) mass is 327 g/mol. The zero-order valence-corrected chi connectivity index (χ0v) is 13.7. The fourth-order valence-electron chi connectivity index (χ4n) is 3.24. The van der Waals surface area contributed by atoms with Crippen LogP contribution in [0.25, 0.3) is 11.0 Å². The molecule has 1 unspecified atom stereocenters. The molecule has 0 aliphatic carbocycles. The van der Waals surface area contributed by atoms with Crippen LogP contribution < -0.4 is 11.0 Å². The number of carbonyl (C=O) groups excluding carboxylic acids is 2. The van der Waals surface area contributed by atoms with Gasteiger partial charge in [-0.2, -0.15) is 0 Å². The van der Waals surface area contributed by atoms with Crippen LogP contribution in [-0.4, -0.2) is 20.9 Å². The normalized spacial score (nSPS) is 18.0. The van der Waals surface area contributed by atoms with E-state index in [0.29, 0.717) is 6.42 Å². The van der Waals surface area contributed by atoms with Crippen LogP contribution in [0.1, 0.15) is 37.3 Å². The Bertz CT molecular complexity index is 875. The van der Waals surface area contributed by atoms with Crippen molar-refractivity contribution < 1.29 is 9.59 Å². The van der Waals surface area contributed by atoms with Gasteiger partial charge in [-0.3, -0.25) is 24.0 Å². The molecule has 0 spiro atoms. The molecule has 1 saturated heterocycles. The van der Waals surface area contributed by atoms with Crippen molar-refractivity contribution in [3.8, 4) is 0 Å². The van der Waals surface area contributed by atoms with Crippen molar-refractivity contribution in [2.75, 3.05) is 0 Å². The fourth-order valence-corrected chi connectivity index (χ4v) is 3.24. The Balaban J connectivity index is 2.01. The molecule has 1 aliphatic heterocycles. The van der Waals surface area contributed by atoms with Crippen LogP contribution in [0.3, 0.4) is 0 Å². The summed E-state index contributed by atoms with van der Waals surface area (Å²) in [6.45, 7) is 3.72. The van der Waals surface area contributed by atoms with Crippen molar-refractivity contribution in [3.63, 3.8) is 0 Å². The van der Waals surface area contributed by atoms with Gasteiger partial charge in [0, 0.05) is 13.5 Å². The number of imide groups is 1. The number of piperidine rings is 1. The number of nitrogens with zero attached hydrogens (tertiary/aromatic N) is 2. The van der Waals surface area contributed by atoms with Gasteiger partial charge < -0.3 is 0 Å². The van der Waals surface area contributed by atoms with Crippen molar-refractivity contribution in [2.45, 2.75) is 38.1 Å². The van der Waals surface area contributed by atoms with Crippen molar-refractivity contribution in [3.05, 3.63) is 46.9 Å². The second kappa shape index (κ2) is 6.47. The van der Waals surface area contributed by atoms with Crippen LogP contribution in [-0.2, 0) is 23.1 Å². The molecule has 0 bridgehead atoms. The van der Waals surface area contributed by atoms with E-state index in [-0.39, 0.29) is 18.0 Å². The largest absolute Gasteiger partial charge is 0.329 e. The lowest BCUT2D eigenvalue weighted by molar-refractivity contribution is -0.135.